The lowest BCUT2D eigenvalue weighted by Crippen LogP contribution is -1.87. The number of aromatic amines is 1. The molecule has 0 saturated carbocycles. The number of benzene rings is 1. The van der Waals surface area contributed by atoms with Gasteiger partial charge in [0, 0.05) is 18.0 Å². The fourth-order valence-electron chi connectivity index (χ4n) is 2.29. The predicted octanol–water partition coefficient (Wildman–Crippen LogP) is 3.53. The molecule has 0 atom stereocenters. The minimum atomic E-state index is 0.669. The maximum atomic E-state index is 6.44. The van der Waals surface area contributed by atoms with E-state index in [9.17, 15) is 0 Å². The second kappa shape index (κ2) is 3.83. The molecule has 4 nitrogen and oxygen atoms in total. The lowest BCUT2D eigenvalue weighted by Gasteiger charge is -2.05. The Hall–Kier alpha value is -2.33. The molecule has 3 heterocycles. The lowest BCUT2D eigenvalue weighted by atomic mass is 10.1. The minimum Gasteiger partial charge on any atom is -0.345 e. The molecule has 19 heavy (non-hydrogen) atoms. The first-order chi connectivity index (χ1) is 9.33. The number of hydrogen-bond acceptors (Lipinski definition) is 2. The lowest BCUT2D eigenvalue weighted by molar-refractivity contribution is 0.962. The summed E-state index contributed by atoms with van der Waals surface area (Å²) in [5.41, 5.74) is 4.82. The van der Waals surface area contributed by atoms with Crippen molar-refractivity contribution in [1.82, 2.24) is 19.6 Å². The molecule has 4 rings (SSSR count). The van der Waals surface area contributed by atoms with Crippen molar-refractivity contribution in [1.29, 1.82) is 0 Å². The number of hydrogen-bond donors (Lipinski definition) is 1. The van der Waals surface area contributed by atoms with Gasteiger partial charge in [-0.15, -0.1) is 0 Å². The Morgan fingerprint density at radius 3 is 3.05 bits per heavy atom. The summed E-state index contributed by atoms with van der Waals surface area (Å²) in [6.07, 6.45) is 5.36. The quantitative estimate of drug-likeness (QED) is 0.574. The van der Waals surface area contributed by atoms with Gasteiger partial charge in [0.1, 0.15) is 5.52 Å². The molecule has 4 aromatic rings. The largest absolute Gasteiger partial charge is 0.345 e. The van der Waals surface area contributed by atoms with Gasteiger partial charge in [-0.25, -0.2) is 9.50 Å². The van der Waals surface area contributed by atoms with Crippen LogP contribution in [0.25, 0.3) is 27.7 Å². The average Bonchev–Trinajstić information content (AvgIpc) is 3.07. The highest BCUT2D eigenvalue weighted by Gasteiger charge is 2.10. The summed E-state index contributed by atoms with van der Waals surface area (Å²) < 4.78 is 1.82. The Labute approximate surface area is 113 Å². The molecule has 92 valence electrons. The third-order valence-electron chi connectivity index (χ3n) is 3.24. The van der Waals surface area contributed by atoms with Crippen molar-refractivity contribution in [2.24, 2.45) is 0 Å². The van der Waals surface area contributed by atoms with Crippen LogP contribution in [0.2, 0.25) is 5.02 Å². The number of fused-ring (bicyclic) bond motifs is 2. The molecule has 0 aliphatic rings. The zero-order chi connectivity index (χ0) is 12.8. The number of nitrogens with one attached hydrogen (secondary N) is 1. The smallest absolute Gasteiger partial charge is 0.107 e. The first kappa shape index (κ1) is 10.6. The Morgan fingerprint density at radius 2 is 2.11 bits per heavy atom. The second-order valence-corrected chi connectivity index (χ2v) is 4.72. The van der Waals surface area contributed by atoms with Gasteiger partial charge in [-0.2, -0.15) is 5.10 Å². The minimum absolute atomic E-state index is 0.669. The number of H-pyrrole nitrogens is 1. The van der Waals surface area contributed by atoms with Crippen LogP contribution < -0.4 is 0 Å². The van der Waals surface area contributed by atoms with Crippen molar-refractivity contribution < 1.29 is 0 Å². The van der Waals surface area contributed by atoms with Gasteiger partial charge >= 0.3 is 0 Å². The predicted molar refractivity (Wildman–Crippen MR) is 75.3 cm³/mol. The molecular formula is C14H9ClN4. The van der Waals surface area contributed by atoms with Crippen molar-refractivity contribution in [2.45, 2.75) is 0 Å². The van der Waals surface area contributed by atoms with Crippen molar-refractivity contribution in [3.63, 3.8) is 0 Å². The summed E-state index contributed by atoms with van der Waals surface area (Å²) >= 11 is 6.44. The van der Waals surface area contributed by atoms with Gasteiger partial charge in [-0.3, -0.25) is 0 Å². The van der Waals surface area contributed by atoms with Crippen LogP contribution >= 0.6 is 11.6 Å². The molecule has 1 aromatic carbocycles. The summed E-state index contributed by atoms with van der Waals surface area (Å²) in [4.78, 5) is 7.31. The van der Waals surface area contributed by atoms with Gasteiger partial charge in [0.15, 0.2) is 0 Å². The van der Waals surface area contributed by atoms with Crippen molar-refractivity contribution in [3.8, 4) is 11.1 Å². The van der Waals surface area contributed by atoms with E-state index < -0.39 is 0 Å². The number of imidazole rings is 1. The number of nitrogens with zero attached hydrogens (tertiary/aromatic N) is 3. The molecule has 3 aromatic heterocycles. The second-order valence-electron chi connectivity index (χ2n) is 4.34. The van der Waals surface area contributed by atoms with Crippen molar-refractivity contribution >= 4 is 28.2 Å². The normalized spacial score (nSPS) is 11.4. The van der Waals surface area contributed by atoms with E-state index in [0.29, 0.717) is 5.02 Å². The molecule has 0 bridgehead atoms. The summed E-state index contributed by atoms with van der Waals surface area (Å²) in [5, 5.41) is 4.85. The third kappa shape index (κ3) is 1.54. The first-order valence-corrected chi connectivity index (χ1v) is 6.26. The van der Waals surface area contributed by atoms with E-state index in [-0.39, 0.29) is 0 Å². The van der Waals surface area contributed by atoms with Crippen molar-refractivity contribution in [3.05, 3.63) is 54.1 Å². The van der Waals surface area contributed by atoms with E-state index in [1.807, 2.05) is 35.0 Å². The number of halogens is 1. The zero-order valence-electron chi connectivity index (χ0n) is 9.84. The van der Waals surface area contributed by atoms with Crippen LogP contribution in [0.5, 0.6) is 0 Å². The summed E-state index contributed by atoms with van der Waals surface area (Å²) in [6.45, 7) is 0. The molecule has 0 radical (unpaired) electrons. The molecule has 0 unspecified atom stereocenters. The van der Waals surface area contributed by atoms with Crippen LogP contribution in [0.1, 0.15) is 0 Å². The van der Waals surface area contributed by atoms with E-state index >= 15 is 0 Å². The van der Waals surface area contributed by atoms with E-state index in [0.717, 1.165) is 27.7 Å². The van der Waals surface area contributed by atoms with Crippen LogP contribution in [0.4, 0.5) is 0 Å². The Kier molecular flexibility index (Phi) is 2.13. The highest BCUT2D eigenvalue weighted by molar-refractivity contribution is 6.37. The molecule has 0 saturated heterocycles. The highest BCUT2D eigenvalue weighted by atomic mass is 35.5. The van der Waals surface area contributed by atoms with Crippen molar-refractivity contribution in [2.75, 3.05) is 0 Å². The van der Waals surface area contributed by atoms with E-state index in [1.54, 1.807) is 12.5 Å². The molecule has 5 heteroatoms. The van der Waals surface area contributed by atoms with Gasteiger partial charge in [-0.05, 0) is 29.8 Å². The Balaban J connectivity index is 1.99. The van der Waals surface area contributed by atoms with Crippen LogP contribution in [-0.4, -0.2) is 19.6 Å². The number of rotatable bonds is 1. The molecular weight excluding hydrogens is 260 g/mol. The van der Waals surface area contributed by atoms with Gasteiger partial charge in [-0.1, -0.05) is 17.7 Å². The number of aromatic nitrogens is 4. The van der Waals surface area contributed by atoms with E-state index in [4.69, 9.17) is 11.6 Å². The standard InChI is InChI=1S/C14H9ClN4/c15-13-11(1-2-12-14(13)17-8-16-12)9-4-6-19-10(7-9)3-5-18-19/h1-8H,(H,16,17). The molecule has 0 aliphatic heterocycles. The molecule has 0 amide bonds. The average molecular weight is 269 g/mol. The van der Waals surface area contributed by atoms with Crippen LogP contribution in [0.15, 0.2) is 49.1 Å². The summed E-state index contributed by atoms with van der Waals surface area (Å²) in [6, 6.07) is 10.0. The monoisotopic (exact) mass is 268 g/mol. The van der Waals surface area contributed by atoms with Crippen LogP contribution in [-0.2, 0) is 0 Å². The topological polar surface area (TPSA) is 46.0 Å². The first-order valence-electron chi connectivity index (χ1n) is 5.88. The Morgan fingerprint density at radius 1 is 1.16 bits per heavy atom. The third-order valence-corrected chi connectivity index (χ3v) is 3.62. The molecule has 0 fully saturated rings. The van der Waals surface area contributed by atoms with Gasteiger partial charge in [0.2, 0.25) is 0 Å². The summed E-state index contributed by atoms with van der Waals surface area (Å²) in [7, 11) is 0. The van der Waals surface area contributed by atoms with E-state index in [2.05, 4.69) is 21.1 Å². The van der Waals surface area contributed by atoms with Crippen LogP contribution in [0, 0.1) is 0 Å². The SMILES string of the molecule is Clc1c(-c2ccn3nccc3c2)ccc2[nH]cnc12. The van der Waals surface area contributed by atoms with E-state index in [1.165, 1.54) is 0 Å². The number of pyridine rings is 1. The maximum absolute atomic E-state index is 6.44. The summed E-state index contributed by atoms with van der Waals surface area (Å²) in [5.74, 6) is 0. The maximum Gasteiger partial charge on any atom is 0.107 e. The molecule has 1 N–H and O–H groups in total. The highest BCUT2D eigenvalue weighted by Crippen LogP contribution is 2.33. The molecule has 0 spiro atoms. The fourth-order valence-corrected chi connectivity index (χ4v) is 2.61. The Bertz CT molecular complexity index is 891. The van der Waals surface area contributed by atoms with Gasteiger partial charge < -0.3 is 4.98 Å². The zero-order valence-corrected chi connectivity index (χ0v) is 10.6. The molecule has 0 aliphatic carbocycles. The van der Waals surface area contributed by atoms with Crippen LogP contribution in [0.3, 0.4) is 0 Å². The van der Waals surface area contributed by atoms with Gasteiger partial charge in [0.05, 0.1) is 22.4 Å². The fraction of sp³-hybridized carbons (Fsp3) is 0. The van der Waals surface area contributed by atoms with Gasteiger partial charge in [0.25, 0.3) is 0 Å².